The maximum Gasteiger partial charge on any atom is 0.212 e. The summed E-state index contributed by atoms with van der Waals surface area (Å²) >= 11 is 0. The van der Waals surface area contributed by atoms with E-state index in [0.29, 0.717) is 5.92 Å². The van der Waals surface area contributed by atoms with E-state index < -0.39 is 8.07 Å². The third-order valence-electron chi connectivity index (χ3n) is 5.11. The minimum absolute atomic E-state index is 0.167. The SMILES string of the molecule is Cc1ccc(CC(C)C)cc1-c1cc([Si](C)(C)C)c(C(C)(C)C)c[n+]1C. The highest BCUT2D eigenvalue weighted by Crippen LogP contribution is 2.27. The third kappa shape index (κ3) is 4.65. The monoisotopic (exact) mass is 368 g/mol. The standard InChI is InChI=1S/C24H38NSi/c1-17(2)13-19-12-11-18(3)20(14-19)22-15-23(26(8,9)10)21(16-25(22)7)24(4,5)6/h11-12,14-17H,13H2,1-10H3/q+1. The van der Waals surface area contributed by atoms with Gasteiger partial charge in [0.2, 0.25) is 5.69 Å². The molecule has 2 aromatic rings. The molecule has 0 saturated heterocycles. The predicted molar refractivity (Wildman–Crippen MR) is 118 cm³/mol. The summed E-state index contributed by atoms with van der Waals surface area (Å²) in [4.78, 5) is 0. The predicted octanol–water partition coefficient (Wildman–Crippen LogP) is 5.53. The fraction of sp³-hybridized carbons (Fsp3) is 0.542. The van der Waals surface area contributed by atoms with Crippen LogP contribution in [0.1, 0.15) is 51.3 Å². The minimum Gasteiger partial charge on any atom is -0.201 e. The van der Waals surface area contributed by atoms with Crippen molar-refractivity contribution in [2.75, 3.05) is 0 Å². The van der Waals surface area contributed by atoms with E-state index in [1.807, 2.05) is 0 Å². The summed E-state index contributed by atoms with van der Waals surface area (Å²) in [5, 5.41) is 1.59. The molecule has 142 valence electrons. The summed E-state index contributed by atoms with van der Waals surface area (Å²) in [6.07, 6.45) is 3.52. The molecule has 0 fully saturated rings. The van der Waals surface area contributed by atoms with Gasteiger partial charge in [0.25, 0.3) is 0 Å². The van der Waals surface area contributed by atoms with Crippen molar-refractivity contribution < 1.29 is 4.57 Å². The van der Waals surface area contributed by atoms with Gasteiger partial charge in [-0.2, -0.15) is 0 Å². The van der Waals surface area contributed by atoms with Crippen LogP contribution in [-0.2, 0) is 18.9 Å². The van der Waals surface area contributed by atoms with Gasteiger partial charge in [-0.3, -0.25) is 0 Å². The average Bonchev–Trinajstić information content (AvgIpc) is 2.46. The average molecular weight is 369 g/mol. The van der Waals surface area contributed by atoms with Crippen LogP contribution in [-0.4, -0.2) is 8.07 Å². The first-order valence-corrected chi connectivity index (χ1v) is 13.4. The molecule has 26 heavy (non-hydrogen) atoms. The summed E-state index contributed by atoms with van der Waals surface area (Å²) in [6.45, 7) is 21.2. The highest BCUT2D eigenvalue weighted by Gasteiger charge is 2.31. The molecule has 1 aromatic carbocycles. The molecule has 0 N–H and O–H groups in total. The maximum atomic E-state index is 2.49. The van der Waals surface area contributed by atoms with Crippen molar-refractivity contribution >= 4 is 13.3 Å². The minimum atomic E-state index is -1.45. The first-order chi connectivity index (χ1) is 11.8. The summed E-state index contributed by atoms with van der Waals surface area (Å²) in [5.41, 5.74) is 7.19. The molecule has 2 heteroatoms. The molecule has 0 bridgehead atoms. The van der Waals surface area contributed by atoms with E-state index in [1.54, 1.807) is 5.19 Å². The molecule has 0 aliphatic carbocycles. The van der Waals surface area contributed by atoms with E-state index in [1.165, 1.54) is 27.9 Å². The molecule has 0 unspecified atom stereocenters. The summed E-state index contributed by atoms with van der Waals surface area (Å²) in [5.74, 6) is 0.681. The smallest absolute Gasteiger partial charge is 0.201 e. The molecule has 0 spiro atoms. The second kappa shape index (κ2) is 7.30. The van der Waals surface area contributed by atoms with Gasteiger partial charge >= 0.3 is 0 Å². The van der Waals surface area contributed by atoms with Gasteiger partial charge in [0.1, 0.15) is 7.05 Å². The first-order valence-electron chi connectivity index (χ1n) is 9.95. The lowest BCUT2D eigenvalue weighted by molar-refractivity contribution is -0.660. The lowest BCUT2D eigenvalue weighted by atomic mass is 9.87. The van der Waals surface area contributed by atoms with Crippen molar-refractivity contribution in [3.05, 3.63) is 47.2 Å². The van der Waals surface area contributed by atoms with Gasteiger partial charge in [0.05, 0.1) is 8.07 Å². The Bertz CT molecular complexity index is 789. The van der Waals surface area contributed by atoms with Gasteiger partial charge in [-0.1, -0.05) is 66.4 Å². The number of aryl methyl sites for hydroxylation is 2. The lowest BCUT2D eigenvalue weighted by Gasteiger charge is -2.28. The van der Waals surface area contributed by atoms with E-state index in [4.69, 9.17) is 0 Å². The normalized spacial score (nSPS) is 12.7. The molecule has 1 heterocycles. The second-order valence-electron chi connectivity index (χ2n) is 10.3. The van der Waals surface area contributed by atoms with Crippen molar-refractivity contribution in [3.63, 3.8) is 0 Å². The summed E-state index contributed by atoms with van der Waals surface area (Å²) < 4.78 is 2.34. The van der Waals surface area contributed by atoms with Gasteiger partial charge in [-0.15, -0.1) is 0 Å². The molecule has 1 aromatic heterocycles. The van der Waals surface area contributed by atoms with Gasteiger partial charge < -0.3 is 0 Å². The number of rotatable bonds is 4. The van der Waals surface area contributed by atoms with E-state index in [0.717, 1.165) is 6.42 Å². The zero-order valence-corrected chi connectivity index (χ0v) is 19.6. The fourth-order valence-corrected chi connectivity index (χ4v) is 5.50. The number of pyridine rings is 1. The Labute approximate surface area is 162 Å². The highest BCUT2D eigenvalue weighted by atomic mass is 28.3. The molecular weight excluding hydrogens is 330 g/mol. The molecule has 0 aliphatic heterocycles. The van der Waals surface area contributed by atoms with Crippen LogP contribution < -0.4 is 9.75 Å². The number of nitrogens with zero attached hydrogens (tertiary/aromatic N) is 1. The zero-order valence-electron chi connectivity index (χ0n) is 18.6. The van der Waals surface area contributed by atoms with Crippen molar-refractivity contribution in [3.8, 4) is 11.3 Å². The molecule has 1 nitrogen and oxygen atoms in total. The van der Waals surface area contributed by atoms with Crippen LogP contribution in [0, 0.1) is 12.8 Å². The van der Waals surface area contributed by atoms with Crippen LogP contribution in [0.25, 0.3) is 11.3 Å². The number of hydrogen-bond acceptors (Lipinski definition) is 0. The van der Waals surface area contributed by atoms with Gasteiger partial charge in [0.15, 0.2) is 6.20 Å². The third-order valence-corrected chi connectivity index (χ3v) is 7.14. The Balaban J connectivity index is 2.72. The molecule has 2 rings (SSSR count). The van der Waals surface area contributed by atoms with Crippen LogP contribution >= 0.6 is 0 Å². The molecule has 0 saturated carbocycles. The zero-order chi connectivity index (χ0) is 19.9. The quantitative estimate of drug-likeness (QED) is 0.493. The van der Waals surface area contributed by atoms with Crippen LogP contribution in [0.15, 0.2) is 30.5 Å². The van der Waals surface area contributed by atoms with Crippen LogP contribution in [0.2, 0.25) is 19.6 Å². The maximum absolute atomic E-state index is 2.49. The Morgan fingerprint density at radius 1 is 1.04 bits per heavy atom. The molecular formula is C24H38NSi+. The Hall–Kier alpha value is -1.41. The van der Waals surface area contributed by atoms with Crippen molar-refractivity contribution in [1.82, 2.24) is 0 Å². The Kier molecular flexibility index (Phi) is 5.87. The fourth-order valence-electron chi connectivity index (χ4n) is 3.68. The van der Waals surface area contributed by atoms with Crippen molar-refractivity contribution in [1.29, 1.82) is 0 Å². The molecule has 0 radical (unpaired) electrons. The van der Waals surface area contributed by atoms with Gasteiger partial charge in [0, 0.05) is 17.2 Å². The van der Waals surface area contributed by atoms with Crippen LogP contribution in [0.5, 0.6) is 0 Å². The van der Waals surface area contributed by atoms with E-state index in [-0.39, 0.29) is 5.41 Å². The van der Waals surface area contributed by atoms with Crippen LogP contribution in [0.4, 0.5) is 0 Å². The van der Waals surface area contributed by atoms with Gasteiger partial charge in [-0.05, 0) is 47.1 Å². The number of hydrogen-bond donors (Lipinski definition) is 0. The summed E-state index contributed by atoms with van der Waals surface area (Å²) in [6, 6.07) is 9.49. The van der Waals surface area contributed by atoms with Crippen LogP contribution in [0.3, 0.4) is 0 Å². The van der Waals surface area contributed by atoms with E-state index in [2.05, 4.69) is 103 Å². The second-order valence-corrected chi connectivity index (χ2v) is 15.4. The summed E-state index contributed by atoms with van der Waals surface area (Å²) in [7, 11) is 0.756. The Morgan fingerprint density at radius 3 is 2.15 bits per heavy atom. The van der Waals surface area contributed by atoms with Crippen molar-refractivity contribution in [2.45, 2.75) is 73.0 Å². The molecule has 0 atom stereocenters. The van der Waals surface area contributed by atoms with E-state index >= 15 is 0 Å². The first kappa shape index (κ1) is 20.9. The number of aromatic nitrogens is 1. The topological polar surface area (TPSA) is 3.88 Å². The highest BCUT2D eigenvalue weighted by molar-refractivity contribution is 6.89. The lowest BCUT2D eigenvalue weighted by Crippen LogP contribution is -2.47. The van der Waals surface area contributed by atoms with Gasteiger partial charge in [-0.25, -0.2) is 4.57 Å². The largest absolute Gasteiger partial charge is 0.212 e. The molecule has 0 aliphatic rings. The number of benzene rings is 1. The van der Waals surface area contributed by atoms with E-state index in [9.17, 15) is 0 Å². The molecule has 0 amide bonds. The van der Waals surface area contributed by atoms with Crippen molar-refractivity contribution in [2.24, 2.45) is 13.0 Å². The Morgan fingerprint density at radius 2 is 1.65 bits per heavy atom.